The van der Waals surface area contributed by atoms with Gasteiger partial charge in [-0.15, -0.1) is 0 Å². The van der Waals surface area contributed by atoms with Crippen LogP contribution in [0, 0.1) is 5.92 Å². The molecule has 0 bridgehead atoms. The highest BCUT2D eigenvalue weighted by molar-refractivity contribution is 6.09. The first-order valence-electron chi connectivity index (χ1n) is 10.6. The molecule has 0 spiro atoms. The van der Waals surface area contributed by atoms with Crippen molar-refractivity contribution in [3.05, 3.63) is 59.8 Å². The normalized spacial score (nSPS) is 23.3. The van der Waals surface area contributed by atoms with Gasteiger partial charge < -0.3 is 16.0 Å². The summed E-state index contributed by atoms with van der Waals surface area (Å²) in [6.07, 6.45) is 3.76. The minimum absolute atomic E-state index is 0.226. The van der Waals surface area contributed by atoms with E-state index in [9.17, 15) is 14.4 Å². The highest BCUT2D eigenvalue weighted by Gasteiger charge is 2.55. The number of nitrogens with two attached hydrogens (primary N) is 1. The van der Waals surface area contributed by atoms with Gasteiger partial charge in [0, 0.05) is 32.3 Å². The van der Waals surface area contributed by atoms with Gasteiger partial charge in [-0.05, 0) is 42.5 Å². The van der Waals surface area contributed by atoms with Crippen molar-refractivity contribution in [2.24, 2.45) is 5.92 Å². The van der Waals surface area contributed by atoms with Gasteiger partial charge in [-0.25, -0.2) is 9.78 Å². The molecule has 31 heavy (non-hydrogen) atoms. The lowest BCUT2D eigenvalue weighted by molar-refractivity contribution is -0.158. The first-order valence-corrected chi connectivity index (χ1v) is 10.6. The molecule has 3 N–H and O–H groups in total. The van der Waals surface area contributed by atoms with Gasteiger partial charge >= 0.3 is 6.03 Å². The number of imide groups is 1. The molecule has 4 amide bonds. The smallest absolute Gasteiger partial charge is 0.327 e. The number of β-lactam (4-membered cyclic amide) rings is 1. The summed E-state index contributed by atoms with van der Waals surface area (Å²) in [7, 11) is 1.52. The van der Waals surface area contributed by atoms with Crippen LogP contribution in [-0.4, -0.2) is 58.8 Å². The van der Waals surface area contributed by atoms with E-state index < -0.39 is 12.0 Å². The first kappa shape index (κ1) is 20.8. The van der Waals surface area contributed by atoms with E-state index in [2.05, 4.69) is 22.4 Å². The Morgan fingerprint density at radius 2 is 2.00 bits per heavy atom. The van der Waals surface area contributed by atoms with Crippen molar-refractivity contribution in [1.82, 2.24) is 20.1 Å². The zero-order valence-corrected chi connectivity index (χ0v) is 17.5. The van der Waals surface area contributed by atoms with Crippen LogP contribution in [0.3, 0.4) is 0 Å². The molecule has 0 aliphatic carbocycles. The summed E-state index contributed by atoms with van der Waals surface area (Å²) in [4.78, 5) is 45.6. The first-order chi connectivity index (χ1) is 15.0. The van der Waals surface area contributed by atoms with Crippen molar-refractivity contribution in [3.8, 4) is 0 Å². The van der Waals surface area contributed by atoms with E-state index in [1.807, 2.05) is 18.2 Å². The Balaban J connectivity index is 1.50. The molecule has 0 radical (unpaired) electrons. The Hall–Kier alpha value is -3.42. The van der Waals surface area contributed by atoms with Gasteiger partial charge in [-0.2, -0.15) is 0 Å². The summed E-state index contributed by atoms with van der Waals surface area (Å²) in [5.41, 5.74) is 7.74. The average Bonchev–Trinajstić information content (AvgIpc) is 2.80. The van der Waals surface area contributed by atoms with Gasteiger partial charge in [0.2, 0.25) is 11.8 Å². The number of likely N-dealkylation sites (N-methyl/N-ethyl adjacent to an activating group) is 1. The molecule has 0 unspecified atom stereocenters. The van der Waals surface area contributed by atoms with E-state index in [0.29, 0.717) is 25.3 Å². The van der Waals surface area contributed by atoms with Crippen LogP contribution in [-0.2, 0) is 16.0 Å². The second kappa shape index (κ2) is 8.75. The second-order valence-corrected chi connectivity index (χ2v) is 8.15. The van der Waals surface area contributed by atoms with Crippen molar-refractivity contribution in [3.63, 3.8) is 0 Å². The molecule has 1 aromatic carbocycles. The number of pyridine rings is 1. The fourth-order valence-electron chi connectivity index (χ4n) is 4.58. The Kier molecular flexibility index (Phi) is 5.88. The van der Waals surface area contributed by atoms with E-state index in [1.165, 1.54) is 12.6 Å². The standard InChI is InChI=1S/C23H27N5O3/c1-25-21(29)20-18(12-15-9-10-26-19(24)13-15)22(30)28(20)23(31)27-11-5-8-17(14-27)16-6-3-2-4-7-16/h2-4,6-7,9-10,13,17-18,20H,5,8,11-12,14H2,1H3,(H2,24,26)(H,25,29)/t17-,18+,20-/m0/s1. The fourth-order valence-corrected chi connectivity index (χ4v) is 4.58. The Morgan fingerprint density at radius 1 is 1.23 bits per heavy atom. The quantitative estimate of drug-likeness (QED) is 0.732. The molecule has 2 aromatic rings. The van der Waals surface area contributed by atoms with Gasteiger partial charge in [0.25, 0.3) is 0 Å². The maximum atomic E-state index is 13.3. The number of urea groups is 1. The maximum absolute atomic E-state index is 13.3. The van der Waals surface area contributed by atoms with Crippen LogP contribution in [0.1, 0.15) is 29.9 Å². The van der Waals surface area contributed by atoms with Gasteiger partial charge in [-0.3, -0.25) is 14.5 Å². The summed E-state index contributed by atoms with van der Waals surface area (Å²) in [6, 6.07) is 12.3. The van der Waals surface area contributed by atoms with Gasteiger partial charge in [0.1, 0.15) is 11.9 Å². The monoisotopic (exact) mass is 421 g/mol. The average molecular weight is 422 g/mol. The minimum Gasteiger partial charge on any atom is -0.384 e. The second-order valence-electron chi connectivity index (χ2n) is 8.15. The SMILES string of the molecule is CNC(=O)[C@@H]1[C@@H](Cc2ccnc(N)c2)C(=O)N1C(=O)N1CCC[C@H](c2ccccc2)C1. The fraction of sp³-hybridized carbons (Fsp3) is 0.391. The molecule has 0 saturated carbocycles. The Bertz CT molecular complexity index is 980. The third-order valence-electron chi connectivity index (χ3n) is 6.20. The topological polar surface area (TPSA) is 109 Å². The van der Waals surface area contributed by atoms with Crippen LogP contribution < -0.4 is 11.1 Å². The zero-order chi connectivity index (χ0) is 22.0. The summed E-state index contributed by atoms with van der Waals surface area (Å²) < 4.78 is 0. The number of benzene rings is 1. The number of hydrogen-bond acceptors (Lipinski definition) is 5. The molecule has 2 aliphatic heterocycles. The lowest BCUT2D eigenvalue weighted by atomic mass is 9.82. The summed E-state index contributed by atoms with van der Waals surface area (Å²) in [6.45, 7) is 1.12. The van der Waals surface area contributed by atoms with Crippen molar-refractivity contribution < 1.29 is 14.4 Å². The summed E-state index contributed by atoms with van der Waals surface area (Å²) in [5, 5.41) is 2.60. The lowest BCUT2D eigenvalue weighted by Gasteiger charge is -2.47. The third-order valence-corrected chi connectivity index (χ3v) is 6.20. The van der Waals surface area contributed by atoms with E-state index in [4.69, 9.17) is 5.73 Å². The van der Waals surface area contributed by atoms with Crippen molar-refractivity contribution in [2.45, 2.75) is 31.2 Å². The number of nitrogen functional groups attached to an aromatic ring is 1. The number of likely N-dealkylation sites (tertiary alicyclic amines) is 2. The molecular formula is C23H27N5O3. The number of rotatable bonds is 4. The third kappa shape index (κ3) is 4.10. The maximum Gasteiger partial charge on any atom is 0.327 e. The van der Waals surface area contributed by atoms with Crippen LogP contribution in [0.2, 0.25) is 0 Å². The number of nitrogens with one attached hydrogen (secondary N) is 1. The summed E-state index contributed by atoms with van der Waals surface area (Å²) in [5.74, 6) is -0.675. The van der Waals surface area contributed by atoms with Crippen LogP contribution in [0.5, 0.6) is 0 Å². The van der Waals surface area contributed by atoms with Crippen LogP contribution in [0.15, 0.2) is 48.7 Å². The molecule has 3 heterocycles. The van der Waals surface area contributed by atoms with Gasteiger partial charge in [0.15, 0.2) is 0 Å². The molecule has 8 heteroatoms. The van der Waals surface area contributed by atoms with Crippen molar-refractivity contribution in [1.29, 1.82) is 0 Å². The predicted molar refractivity (Wildman–Crippen MR) is 116 cm³/mol. The van der Waals surface area contributed by atoms with E-state index in [-0.39, 0.29) is 23.8 Å². The zero-order valence-electron chi connectivity index (χ0n) is 17.5. The molecular weight excluding hydrogens is 394 g/mol. The van der Waals surface area contributed by atoms with E-state index in [0.717, 1.165) is 23.3 Å². The molecule has 2 saturated heterocycles. The molecule has 2 aliphatic rings. The Labute approximate surface area is 181 Å². The van der Waals surface area contributed by atoms with Crippen LogP contribution in [0.25, 0.3) is 0 Å². The minimum atomic E-state index is -0.823. The number of piperidine rings is 1. The molecule has 8 nitrogen and oxygen atoms in total. The lowest BCUT2D eigenvalue weighted by Crippen LogP contribution is -2.70. The predicted octanol–water partition coefficient (Wildman–Crippen LogP) is 1.78. The highest BCUT2D eigenvalue weighted by atomic mass is 16.2. The molecule has 2 fully saturated rings. The number of nitrogens with zero attached hydrogens (tertiary/aromatic N) is 3. The van der Waals surface area contributed by atoms with Crippen molar-refractivity contribution in [2.75, 3.05) is 25.9 Å². The number of anilines is 1. The highest BCUT2D eigenvalue weighted by Crippen LogP contribution is 2.34. The number of hydrogen-bond donors (Lipinski definition) is 2. The molecule has 3 atom stereocenters. The number of carbonyl (C=O) groups excluding carboxylic acids is 3. The summed E-state index contributed by atoms with van der Waals surface area (Å²) >= 11 is 0. The van der Waals surface area contributed by atoms with E-state index in [1.54, 1.807) is 23.2 Å². The largest absolute Gasteiger partial charge is 0.384 e. The molecule has 162 valence electrons. The van der Waals surface area contributed by atoms with E-state index >= 15 is 0 Å². The number of aromatic nitrogens is 1. The van der Waals surface area contributed by atoms with Gasteiger partial charge in [0.05, 0.1) is 5.92 Å². The molecule has 1 aromatic heterocycles. The van der Waals surface area contributed by atoms with Crippen molar-refractivity contribution >= 4 is 23.7 Å². The Morgan fingerprint density at radius 3 is 2.71 bits per heavy atom. The molecule has 4 rings (SSSR count). The number of amides is 4. The van der Waals surface area contributed by atoms with Crippen LogP contribution in [0.4, 0.5) is 10.6 Å². The number of carbonyl (C=O) groups is 3. The van der Waals surface area contributed by atoms with Crippen LogP contribution >= 0.6 is 0 Å². The van der Waals surface area contributed by atoms with Gasteiger partial charge in [-0.1, -0.05) is 30.3 Å².